The van der Waals surface area contributed by atoms with E-state index in [1.807, 2.05) is 25.1 Å². The monoisotopic (exact) mass is 281 g/mol. The summed E-state index contributed by atoms with van der Waals surface area (Å²) in [5, 5.41) is 0. The summed E-state index contributed by atoms with van der Waals surface area (Å²) >= 11 is 3.41. The van der Waals surface area contributed by atoms with Crippen LogP contribution in [0.1, 0.15) is 17.2 Å². The fourth-order valence-electron chi connectivity index (χ4n) is 1.51. The zero-order chi connectivity index (χ0) is 11.5. The van der Waals surface area contributed by atoms with Gasteiger partial charge in [0.15, 0.2) is 5.89 Å². The Morgan fingerprint density at radius 2 is 2.25 bits per heavy atom. The molecule has 0 N–H and O–H groups in total. The minimum atomic E-state index is 0.643. The Hall–Kier alpha value is -1.29. The summed E-state index contributed by atoms with van der Waals surface area (Å²) < 4.78 is 11.7. The molecule has 1 aromatic heterocycles. The molecule has 0 aliphatic rings. The average molecular weight is 282 g/mol. The van der Waals surface area contributed by atoms with E-state index < -0.39 is 0 Å². The van der Waals surface area contributed by atoms with Crippen LogP contribution in [-0.4, -0.2) is 12.1 Å². The van der Waals surface area contributed by atoms with E-state index in [1.165, 1.54) is 0 Å². The summed E-state index contributed by atoms with van der Waals surface area (Å²) in [5.41, 5.74) is 1.06. The Labute approximate surface area is 103 Å². The summed E-state index contributed by atoms with van der Waals surface area (Å²) in [6, 6.07) is 5.92. The van der Waals surface area contributed by atoms with Gasteiger partial charge in [0.05, 0.1) is 19.7 Å². The summed E-state index contributed by atoms with van der Waals surface area (Å²) in [6.07, 6.45) is 2.37. The minimum Gasteiger partial charge on any atom is -0.496 e. The Morgan fingerprint density at radius 3 is 2.88 bits per heavy atom. The molecule has 4 heteroatoms. The maximum Gasteiger partial charge on any atom is 0.198 e. The molecule has 0 bridgehead atoms. The first-order valence-corrected chi connectivity index (χ1v) is 5.72. The standard InChI is InChI=1S/C12H12BrNO2/c1-8-7-14-12(16-8)5-9-3-4-10(13)6-11(9)15-2/h3-4,6-7H,5H2,1-2H3. The number of halogens is 1. The predicted molar refractivity (Wildman–Crippen MR) is 64.7 cm³/mol. The predicted octanol–water partition coefficient (Wildman–Crippen LogP) is 3.34. The van der Waals surface area contributed by atoms with Gasteiger partial charge in [0.2, 0.25) is 0 Å². The molecule has 0 aliphatic heterocycles. The van der Waals surface area contributed by atoms with Crippen molar-refractivity contribution in [3.8, 4) is 5.75 Å². The first kappa shape index (κ1) is 11.2. The highest BCUT2D eigenvalue weighted by Crippen LogP contribution is 2.25. The summed E-state index contributed by atoms with van der Waals surface area (Å²) in [5.74, 6) is 2.37. The SMILES string of the molecule is COc1cc(Br)ccc1Cc1ncc(C)o1. The molecule has 0 fully saturated rings. The zero-order valence-corrected chi connectivity index (χ0v) is 10.7. The second kappa shape index (κ2) is 4.70. The third kappa shape index (κ3) is 2.44. The normalized spacial score (nSPS) is 10.4. The molecule has 0 spiro atoms. The molecule has 16 heavy (non-hydrogen) atoms. The second-order valence-electron chi connectivity index (χ2n) is 3.50. The largest absolute Gasteiger partial charge is 0.496 e. The van der Waals surface area contributed by atoms with Crippen LogP contribution in [0.25, 0.3) is 0 Å². The van der Waals surface area contributed by atoms with E-state index in [9.17, 15) is 0 Å². The lowest BCUT2D eigenvalue weighted by Crippen LogP contribution is -1.93. The van der Waals surface area contributed by atoms with Crippen LogP contribution in [0.3, 0.4) is 0 Å². The molecule has 2 rings (SSSR count). The van der Waals surface area contributed by atoms with Gasteiger partial charge in [-0.15, -0.1) is 0 Å². The highest BCUT2D eigenvalue weighted by atomic mass is 79.9. The number of benzene rings is 1. The topological polar surface area (TPSA) is 35.3 Å². The fourth-order valence-corrected chi connectivity index (χ4v) is 1.85. The van der Waals surface area contributed by atoms with Gasteiger partial charge in [-0.3, -0.25) is 0 Å². The number of rotatable bonds is 3. The van der Waals surface area contributed by atoms with Crippen molar-refractivity contribution in [1.82, 2.24) is 4.98 Å². The lowest BCUT2D eigenvalue weighted by molar-refractivity contribution is 0.407. The van der Waals surface area contributed by atoms with Gasteiger partial charge in [-0.1, -0.05) is 22.0 Å². The van der Waals surface area contributed by atoms with Gasteiger partial charge in [0.25, 0.3) is 0 Å². The van der Waals surface area contributed by atoms with E-state index in [0.29, 0.717) is 12.3 Å². The van der Waals surface area contributed by atoms with Crippen molar-refractivity contribution >= 4 is 15.9 Å². The number of hydrogen-bond donors (Lipinski definition) is 0. The number of aryl methyl sites for hydroxylation is 1. The molecule has 0 aliphatic carbocycles. The Kier molecular flexibility index (Phi) is 3.29. The summed E-state index contributed by atoms with van der Waals surface area (Å²) in [4.78, 5) is 4.17. The van der Waals surface area contributed by atoms with Gasteiger partial charge in [-0.25, -0.2) is 4.98 Å². The molecular formula is C12H12BrNO2. The van der Waals surface area contributed by atoms with E-state index in [0.717, 1.165) is 21.5 Å². The number of hydrogen-bond acceptors (Lipinski definition) is 3. The lowest BCUT2D eigenvalue weighted by Gasteiger charge is -2.06. The maximum absolute atomic E-state index is 5.44. The van der Waals surface area contributed by atoms with Crippen molar-refractivity contribution in [2.45, 2.75) is 13.3 Å². The Balaban J connectivity index is 2.27. The molecule has 84 valence electrons. The molecule has 1 aromatic carbocycles. The van der Waals surface area contributed by atoms with E-state index in [1.54, 1.807) is 13.3 Å². The number of aromatic nitrogens is 1. The molecule has 0 atom stereocenters. The van der Waals surface area contributed by atoms with Gasteiger partial charge in [-0.05, 0) is 19.1 Å². The minimum absolute atomic E-state index is 0.643. The first-order valence-electron chi connectivity index (χ1n) is 4.93. The van der Waals surface area contributed by atoms with Crippen LogP contribution in [0.15, 0.2) is 33.3 Å². The molecule has 0 saturated heterocycles. The summed E-state index contributed by atoms with van der Waals surface area (Å²) in [6.45, 7) is 1.88. The molecule has 0 saturated carbocycles. The fraction of sp³-hybridized carbons (Fsp3) is 0.250. The van der Waals surface area contributed by atoms with Crippen molar-refractivity contribution in [3.63, 3.8) is 0 Å². The maximum atomic E-state index is 5.44. The van der Waals surface area contributed by atoms with Gasteiger partial charge >= 0.3 is 0 Å². The number of ether oxygens (including phenoxy) is 1. The number of oxazole rings is 1. The zero-order valence-electron chi connectivity index (χ0n) is 9.16. The van der Waals surface area contributed by atoms with Gasteiger partial charge in [-0.2, -0.15) is 0 Å². The van der Waals surface area contributed by atoms with Crippen molar-refractivity contribution in [2.75, 3.05) is 7.11 Å². The molecule has 0 radical (unpaired) electrons. The molecular weight excluding hydrogens is 270 g/mol. The third-order valence-corrected chi connectivity index (χ3v) is 2.75. The summed E-state index contributed by atoms with van der Waals surface area (Å²) in [7, 11) is 1.66. The van der Waals surface area contributed by atoms with Crippen LogP contribution in [0.5, 0.6) is 5.75 Å². The van der Waals surface area contributed by atoms with Crippen LogP contribution in [0.2, 0.25) is 0 Å². The van der Waals surface area contributed by atoms with Crippen LogP contribution < -0.4 is 4.74 Å². The van der Waals surface area contributed by atoms with E-state index >= 15 is 0 Å². The number of nitrogens with zero attached hydrogens (tertiary/aromatic N) is 1. The van der Waals surface area contributed by atoms with E-state index in [-0.39, 0.29) is 0 Å². The highest BCUT2D eigenvalue weighted by molar-refractivity contribution is 9.10. The first-order chi connectivity index (χ1) is 7.69. The van der Waals surface area contributed by atoms with Crippen molar-refractivity contribution in [1.29, 1.82) is 0 Å². The Bertz CT molecular complexity index is 494. The van der Waals surface area contributed by atoms with E-state index in [2.05, 4.69) is 20.9 Å². The second-order valence-corrected chi connectivity index (χ2v) is 4.41. The number of methoxy groups -OCH3 is 1. The van der Waals surface area contributed by atoms with Gasteiger partial charge < -0.3 is 9.15 Å². The average Bonchev–Trinajstić information content (AvgIpc) is 2.67. The molecule has 3 nitrogen and oxygen atoms in total. The Morgan fingerprint density at radius 1 is 1.44 bits per heavy atom. The molecule has 1 heterocycles. The van der Waals surface area contributed by atoms with Gasteiger partial charge in [0, 0.05) is 10.0 Å². The molecule has 2 aromatic rings. The third-order valence-electron chi connectivity index (χ3n) is 2.26. The van der Waals surface area contributed by atoms with E-state index in [4.69, 9.17) is 9.15 Å². The van der Waals surface area contributed by atoms with Crippen molar-refractivity contribution in [3.05, 3.63) is 46.1 Å². The van der Waals surface area contributed by atoms with Crippen LogP contribution in [-0.2, 0) is 6.42 Å². The van der Waals surface area contributed by atoms with Crippen molar-refractivity contribution < 1.29 is 9.15 Å². The van der Waals surface area contributed by atoms with Crippen LogP contribution in [0, 0.1) is 6.92 Å². The highest BCUT2D eigenvalue weighted by Gasteiger charge is 2.08. The van der Waals surface area contributed by atoms with Crippen LogP contribution in [0.4, 0.5) is 0 Å². The smallest absolute Gasteiger partial charge is 0.198 e. The quantitative estimate of drug-likeness (QED) is 0.866. The van der Waals surface area contributed by atoms with Crippen molar-refractivity contribution in [2.24, 2.45) is 0 Å². The van der Waals surface area contributed by atoms with Gasteiger partial charge in [0.1, 0.15) is 11.5 Å². The van der Waals surface area contributed by atoms with Crippen LogP contribution >= 0.6 is 15.9 Å². The molecule has 0 amide bonds. The lowest BCUT2D eigenvalue weighted by atomic mass is 10.1. The molecule has 0 unspecified atom stereocenters.